The second-order valence-electron chi connectivity index (χ2n) is 6.58. The first kappa shape index (κ1) is 16.2. The van der Waals surface area contributed by atoms with Crippen molar-refractivity contribution in [2.75, 3.05) is 13.1 Å². The summed E-state index contributed by atoms with van der Waals surface area (Å²) in [7, 11) is 0. The highest BCUT2D eigenvalue weighted by Gasteiger charge is 2.10. The molecule has 1 atom stereocenters. The molecule has 0 saturated carbocycles. The lowest BCUT2D eigenvalue weighted by molar-refractivity contribution is 0.387. The van der Waals surface area contributed by atoms with Crippen LogP contribution in [-0.4, -0.2) is 24.7 Å². The smallest absolute Gasteiger partial charge is 0.0164 e. The molecule has 108 valence electrons. The van der Waals surface area contributed by atoms with Gasteiger partial charge in [-0.1, -0.05) is 29.8 Å². The number of hydrogen-bond acceptors (Lipinski definition) is 2. The van der Waals surface area contributed by atoms with Gasteiger partial charge in [0.1, 0.15) is 0 Å². The van der Waals surface area contributed by atoms with Gasteiger partial charge in [0.2, 0.25) is 0 Å². The maximum atomic E-state index is 3.57. The molecular weight excluding hydrogens is 232 g/mol. The van der Waals surface area contributed by atoms with Crippen molar-refractivity contribution in [3.8, 4) is 0 Å². The average Bonchev–Trinajstić information content (AvgIpc) is 2.33. The summed E-state index contributed by atoms with van der Waals surface area (Å²) in [4.78, 5) is 0. The van der Waals surface area contributed by atoms with E-state index in [-0.39, 0.29) is 5.54 Å². The molecule has 1 unspecified atom stereocenters. The Morgan fingerprint density at radius 3 is 2.32 bits per heavy atom. The van der Waals surface area contributed by atoms with E-state index >= 15 is 0 Å². The summed E-state index contributed by atoms with van der Waals surface area (Å²) in [5.41, 5.74) is 2.98. The molecule has 2 nitrogen and oxygen atoms in total. The molecule has 0 aromatic heterocycles. The largest absolute Gasteiger partial charge is 0.313 e. The van der Waals surface area contributed by atoms with Crippen LogP contribution in [0.5, 0.6) is 0 Å². The fourth-order valence-electron chi connectivity index (χ4n) is 1.93. The third-order valence-corrected chi connectivity index (χ3v) is 3.19. The summed E-state index contributed by atoms with van der Waals surface area (Å²) in [6.45, 7) is 13.1. The molecule has 2 N–H and O–H groups in total. The Hall–Kier alpha value is -0.860. The van der Waals surface area contributed by atoms with Crippen molar-refractivity contribution in [1.82, 2.24) is 10.6 Å². The summed E-state index contributed by atoms with van der Waals surface area (Å²) in [6.07, 6.45) is 2.36. The van der Waals surface area contributed by atoms with Crippen molar-refractivity contribution in [1.29, 1.82) is 0 Å². The molecule has 0 amide bonds. The standard InChI is InChI=1S/C17H30N2/c1-14-8-10-16(11-9-14)7-6-12-18-15(2)13-19-17(3,4)5/h8-11,15,18-19H,6-7,12-13H2,1-5H3. The van der Waals surface area contributed by atoms with Crippen molar-refractivity contribution < 1.29 is 0 Å². The fourth-order valence-corrected chi connectivity index (χ4v) is 1.93. The molecular formula is C17H30N2. The topological polar surface area (TPSA) is 24.1 Å². The molecule has 0 fully saturated rings. The van der Waals surface area contributed by atoms with Gasteiger partial charge in [0, 0.05) is 18.1 Å². The van der Waals surface area contributed by atoms with Gasteiger partial charge in [-0.15, -0.1) is 0 Å². The molecule has 1 rings (SSSR count). The first-order valence-electron chi connectivity index (χ1n) is 7.41. The van der Waals surface area contributed by atoms with Crippen LogP contribution in [0.2, 0.25) is 0 Å². The number of benzene rings is 1. The van der Waals surface area contributed by atoms with Crippen LogP contribution in [0, 0.1) is 6.92 Å². The number of aryl methyl sites for hydroxylation is 2. The van der Waals surface area contributed by atoms with E-state index < -0.39 is 0 Å². The normalized spacial score (nSPS) is 13.5. The van der Waals surface area contributed by atoms with Crippen LogP contribution in [0.1, 0.15) is 45.2 Å². The summed E-state index contributed by atoms with van der Waals surface area (Å²) >= 11 is 0. The van der Waals surface area contributed by atoms with Gasteiger partial charge >= 0.3 is 0 Å². The summed E-state index contributed by atoms with van der Waals surface area (Å²) < 4.78 is 0. The first-order chi connectivity index (χ1) is 8.87. The second kappa shape index (κ2) is 7.66. The van der Waals surface area contributed by atoms with Gasteiger partial charge in [0.15, 0.2) is 0 Å². The predicted molar refractivity (Wildman–Crippen MR) is 84.7 cm³/mol. The summed E-state index contributed by atoms with van der Waals surface area (Å²) in [5, 5.41) is 7.10. The molecule has 0 heterocycles. The molecule has 0 radical (unpaired) electrons. The quantitative estimate of drug-likeness (QED) is 0.737. The highest BCUT2D eigenvalue weighted by atomic mass is 15.0. The minimum absolute atomic E-state index is 0.206. The van der Waals surface area contributed by atoms with Crippen molar-refractivity contribution in [2.24, 2.45) is 0 Å². The molecule has 0 bridgehead atoms. The van der Waals surface area contributed by atoms with E-state index in [1.165, 1.54) is 17.5 Å². The van der Waals surface area contributed by atoms with Gasteiger partial charge in [-0.3, -0.25) is 0 Å². The zero-order valence-electron chi connectivity index (χ0n) is 13.2. The monoisotopic (exact) mass is 262 g/mol. The van der Waals surface area contributed by atoms with Gasteiger partial charge < -0.3 is 10.6 Å². The van der Waals surface area contributed by atoms with Gasteiger partial charge in [0.25, 0.3) is 0 Å². The predicted octanol–water partition coefficient (Wildman–Crippen LogP) is 3.29. The van der Waals surface area contributed by atoms with E-state index in [0.29, 0.717) is 6.04 Å². The summed E-state index contributed by atoms with van der Waals surface area (Å²) in [5.74, 6) is 0. The van der Waals surface area contributed by atoms with E-state index in [1.54, 1.807) is 0 Å². The lowest BCUT2D eigenvalue weighted by Crippen LogP contribution is -2.44. The van der Waals surface area contributed by atoms with Crippen LogP contribution in [0.3, 0.4) is 0 Å². The third kappa shape index (κ3) is 8.02. The van der Waals surface area contributed by atoms with E-state index in [9.17, 15) is 0 Å². The van der Waals surface area contributed by atoms with Crippen LogP contribution in [0.15, 0.2) is 24.3 Å². The van der Waals surface area contributed by atoms with Crippen molar-refractivity contribution in [3.05, 3.63) is 35.4 Å². The molecule has 1 aromatic rings. The highest BCUT2D eigenvalue weighted by molar-refractivity contribution is 5.21. The minimum atomic E-state index is 0.206. The Balaban J connectivity index is 2.12. The number of hydrogen-bond donors (Lipinski definition) is 2. The molecule has 0 aliphatic rings. The highest BCUT2D eigenvalue weighted by Crippen LogP contribution is 2.05. The van der Waals surface area contributed by atoms with Gasteiger partial charge in [0.05, 0.1) is 0 Å². The fraction of sp³-hybridized carbons (Fsp3) is 0.647. The maximum absolute atomic E-state index is 3.57. The van der Waals surface area contributed by atoms with Crippen molar-refractivity contribution in [2.45, 2.75) is 59.0 Å². The van der Waals surface area contributed by atoms with Crippen LogP contribution in [0.4, 0.5) is 0 Å². The molecule has 0 spiro atoms. The van der Waals surface area contributed by atoms with Crippen LogP contribution in [0.25, 0.3) is 0 Å². The van der Waals surface area contributed by atoms with Gasteiger partial charge in [-0.2, -0.15) is 0 Å². The van der Waals surface area contributed by atoms with E-state index in [4.69, 9.17) is 0 Å². The van der Waals surface area contributed by atoms with Gasteiger partial charge in [-0.25, -0.2) is 0 Å². The van der Waals surface area contributed by atoms with Crippen LogP contribution >= 0.6 is 0 Å². The Bertz CT molecular complexity index is 349. The molecule has 1 aromatic carbocycles. The molecule has 0 aliphatic heterocycles. The first-order valence-corrected chi connectivity index (χ1v) is 7.41. The Morgan fingerprint density at radius 1 is 1.11 bits per heavy atom. The molecule has 2 heteroatoms. The van der Waals surface area contributed by atoms with E-state index in [0.717, 1.165) is 19.5 Å². The van der Waals surface area contributed by atoms with E-state index in [2.05, 4.69) is 69.5 Å². The van der Waals surface area contributed by atoms with Crippen LogP contribution < -0.4 is 10.6 Å². The maximum Gasteiger partial charge on any atom is 0.0164 e. The lowest BCUT2D eigenvalue weighted by Gasteiger charge is -2.24. The average molecular weight is 262 g/mol. The Morgan fingerprint density at radius 2 is 1.74 bits per heavy atom. The van der Waals surface area contributed by atoms with Crippen LogP contribution in [-0.2, 0) is 6.42 Å². The summed E-state index contributed by atoms with van der Waals surface area (Å²) in [6, 6.07) is 9.38. The van der Waals surface area contributed by atoms with E-state index in [1.807, 2.05) is 0 Å². The number of rotatable bonds is 7. The SMILES string of the molecule is Cc1ccc(CCCNC(C)CNC(C)(C)C)cc1. The Labute approximate surface area is 119 Å². The zero-order chi connectivity index (χ0) is 14.3. The molecule has 19 heavy (non-hydrogen) atoms. The minimum Gasteiger partial charge on any atom is -0.313 e. The number of nitrogens with one attached hydrogen (secondary N) is 2. The molecule has 0 saturated heterocycles. The Kier molecular flexibility index (Phi) is 6.53. The van der Waals surface area contributed by atoms with Crippen molar-refractivity contribution >= 4 is 0 Å². The molecule has 0 aliphatic carbocycles. The third-order valence-electron chi connectivity index (χ3n) is 3.19. The van der Waals surface area contributed by atoms with Gasteiger partial charge in [-0.05, 0) is 59.6 Å². The zero-order valence-corrected chi connectivity index (χ0v) is 13.2. The van der Waals surface area contributed by atoms with Crippen molar-refractivity contribution in [3.63, 3.8) is 0 Å². The second-order valence-corrected chi connectivity index (χ2v) is 6.58. The lowest BCUT2D eigenvalue weighted by atomic mass is 10.1.